The molecule has 98 valence electrons. The van der Waals surface area contributed by atoms with E-state index >= 15 is 0 Å². The lowest BCUT2D eigenvalue weighted by atomic mass is 10.1. The molecule has 0 aromatic heterocycles. The second-order valence-corrected chi connectivity index (χ2v) is 5.53. The van der Waals surface area contributed by atoms with Gasteiger partial charge in [0.1, 0.15) is 4.99 Å². The normalized spacial score (nSPS) is 11.9. The van der Waals surface area contributed by atoms with Gasteiger partial charge in [0.05, 0.1) is 0 Å². The summed E-state index contributed by atoms with van der Waals surface area (Å²) >= 11 is 6.67. The number of carbonyl (C=O) groups is 1. The number of hydrogen-bond donors (Lipinski definition) is 2. The molecule has 0 aliphatic rings. The minimum Gasteiger partial charge on any atom is -0.389 e. The van der Waals surface area contributed by atoms with Crippen molar-refractivity contribution in [1.82, 2.24) is 5.32 Å². The molecule has 0 spiro atoms. The summed E-state index contributed by atoms with van der Waals surface area (Å²) in [5, 5.41) is 2.96. The third-order valence-corrected chi connectivity index (χ3v) is 3.42. The molecule has 0 bridgehead atoms. The van der Waals surface area contributed by atoms with E-state index in [1.54, 1.807) is 36.0 Å². The Bertz CT molecular complexity index is 435. The lowest BCUT2D eigenvalue weighted by molar-refractivity contribution is 0.0939. The molecule has 1 aromatic rings. The minimum absolute atomic E-state index is 0.0818. The highest BCUT2D eigenvalue weighted by atomic mass is 32.2. The molecule has 1 rings (SSSR count). The quantitative estimate of drug-likeness (QED) is 0.785. The monoisotopic (exact) mass is 282 g/mol. The van der Waals surface area contributed by atoms with Crippen molar-refractivity contribution in [2.24, 2.45) is 5.73 Å². The van der Waals surface area contributed by atoms with Crippen molar-refractivity contribution in [3.63, 3.8) is 0 Å². The highest BCUT2D eigenvalue weighted by Crippen LogP contribution is 2.07. The smallest absolute Gasteiger partial charge is 0.251 e. The Morgan fingerprint density at radius 2 is 2.17 bits per heavy atom. The van der Waals surface area contributed by atoms with Crippen LogP contribution in [0.2, 0.25) is 0 Å². The van der Waals surface area contributed by atoms with E-state index in [9.17, 15) is 4.79 Å². The zero-order chi connectivity index (χ0) is 13.5. The predicted octanol–water partition coefficient (Wildman–Crippen LogP) is 2.19. The first kappa shape index (κ1) is 15.0. The van der Waals surface area contributed by atoms with Gasteiger partial charge in [-0.25, -0.2) is 0 Å². The second-order valence-electron chi connectivity index (χ2n) is 4.10. The van der Waals surface area contributed by atoms with Crippen molar-refractivity contribution in [1.29, 1.82) is 0 Å². The van der Waals surface area contributed by atoms with Crippen molar-refractivity contribution < 1.29 is 4.79 Å². The molecule has 0 heterocycles. The van der Waals surface area contributed by atoms with Crippen LogP contribution in [0.25, 0.3) is 0 Å². The molecule has 5 heteroatoms. The zero-order valence-electron chi connectivity index (χ0n) is 10.6. The summed E-state index contributed by atoms with van der Waals surface area (Å²) in [5.74, 6) is 0.954. The van der Waals surface area contributed by atoms with Gasteiger partial charge in [0.15, 0.2) is 0 Å². The van der Waals surface area contributed by atoms with E-state index in [4.69, 9.17) is 18.0 Å². The number of nitrogens with two attached hydrogens (primary N) is 1. The van der Waals surface area contributed by atoms with E-state index < -0.39 is 0 Å². The van der Waals surface area contributed by atoms with E-state index in [0.717, 1.165) is 17.7 Å². The third kappa shape index (κ3) is 4.66. The van der Waals surface area contributed by atoms with Gasteiger partial charge in [0.25, 0.3) is 5.91 Å². The number of benzene rings is 1. The number of thioether (sulfide) groups is 1. The zero-order valence-corrected chi connectivity index (χ0v) is 12.2. The first-order valence-corrected chi connectivity index (χ1v) is 7.54. The fourth-order valence-corrected chi connectivity index (χ4v) is 2.20. The van der Waals surface area contributed by atoms with Gasteiger partial charge in [-0.15, -0.1) is 0 Å². The molecule has 0 aliphatic carbocycles. The van der Waals surface area contributed by atoms with Crippen LogP contribution in [0.4, 0.5) is 0 Å². The summed E-state index contributed by atoms with van der Waals surface area (Å²) in [6.45, 7) is 2.01. The van der Waals surface area contributed by atoms with Crippen molar-refractivity contribution in [3.8, 4) is 0 Å². The molecule has 1 atom stereocenters. The average molecular weight is 282 g/mol. The molecule has 0 radical (unpaired) electrons. The van der Waals surface area contributed by atoms with Crippen LogP contribution in [-0.2, 0) is 0 Å². The summed E-state index contributed by atoms with van der Waals surface area (Å²) in [4.78, 5) is 12.3. The Kier molecular flexibility index (Phi) is 6.15. The maximum atomic E-state index is 12.0. The van der Waals surface area contributed by atoms with Gasteiger partial charge >= 0.3 is 0 Å². The number of amides is 1. The van der Waals surface area contributed by atoms with Gasteiger partial charge in [-0.2, -0.15) is 11.8 Å². The van der Waals surface area contributed by atoms with Crippen molar-refractivity contribution in [3.05, 3.63) is 35.4 Å². The van der Waals surface area contributed by atoms with E-state index in [1.165, 1.54) is 0 Å². The molecule has 18 heavy (non-hydrogen) atoms. The summed E-state index contributed by atoms with van der Waals surface area (Å²) in [7, 11) is 0. The van der Waals surface area contributed by atoms with Gasteiger partial charge in [-0.3, -0.25) is 4.79 Å². The summed E-state index contributed by atoms with van der Waals surface area (Å²) in [6.07, 6.45) is 3.02. The van der Waals surface area contributed by atoms with E-state index in [0.29, 0.717) is 10.6 Å². The Balaban J connectivity index is 2.66. The fraction of sp³-hybridized carbons (Fsp3) is 0.385. The first-order chi connectivity index (χ1) is 8.54. The molecule has 0 fully saturated rings. The summed E-state index contributed by atoms with van der Waals surface area (Å²) < 4.78 is 0. The molecular weight excluding hydrogens is 264 g/mol. The average Bonchev–Trinajstić information content (AvgIpc) is 2.36. The molecule has 3 N–H and O–H groups in total. The fourth-order valence-electron chi connectivity index (χ4n) is 1.49. The second kappa shape index (κ2) is 7.38. The molecule has 1 amide bonds. The predicted molar refractivity (Wildman–Crippen MR) is 82.3 cm³/mol. The molecule has 0 saturated heterocycles. The number of rotatable bonds is 6. The molecular formula is C13H18N2OS2. The topological polar surface area (TPSA) is 55.1 Å². The van der Waals surface area contributed by atoms with Crippen LogP contribution in [0.15, 0.2) is 24.3 Å². The molecule has 1 aromatic carbocycles. The maximum Gasteiger partial charge on any atom is 0.251 e. The van der Waals surface area contributed by atoms with Crippen molar-refractivity contribution >= 4 is 34.9 Å². The standard InChI is InChI=1S/C13H18N2OS2/c1-9(6-7-18-2)15-13(16)11-5-3-4-10(8-11)12(14)17/h3-5,8-9H,6-7H2,1-2H3,(H2,14,17)(H,15,16). The highest BCUT2D eigenvalue weighted by Gasteiger charge is 2.10. The van der Waals surface area contributed by atoms with Crippen LogP contribution in [0.5, 0.6) is 0 Å². The van der Waals surface area contributed by atoms with Crippen molar-refractivity contribution in [2.75, 3.05) is 12.0 Å². The SMILES string of the molecule is CSCCC(C)NC(=O)c1cccc(C(N)=S)c1. The highest BCUT2D eigenvalue weighted by molar-refractivity contribution is 7.98. The molecule has 0 aliphatic heterocycles. The van der Waals surface area contributed by atoms with E-state index in [-0.39, 0.29) is 11.9 Å². The van der Waals surface area contributed by atoms with Crippen LogP contribution >= 0.6 is 24.0 Å². The Hall–Kier alpha value is -1.07. The Labute approximate surface area is 118 Å². The van der Waals surface area contributed by atoms with Gasteiger partial charge in [-0.1, -0.05) is 24.4 Å². The maximum absolute atomic E-state index is 12.0. The minimum atomic E-state index is -0.0818. The van der Waals surface area contributed by atoms with Crippen LogP contribution in [-0.4, -0.2) is 28.9 Å². The van der Waals surface area contributed by atoms with Gasteiger partial charge < -0.3 is 11.1 Å². The van der Waals surface area contributed by atoms with Gasteiger partial charge in [0, 0.05) is 17.2 Å². The molecule has 3 nitrogen and oxygen atoms in total. The Morgan fingerprint density at radius 1 is 1.50 bits per heavy atom. The number of nitrogens with one attached hydrogen (secondary N) is 1. The van der Waals surface area contributed by atoms with Crippen LogP contribution in [0.1, 0.15) is 29.3 Å². The van der Waals surface area contributed by atoms with Crippen LogP contribution in [0.3, 0.4) is 0 Å². The molecule has 1 unspecified atom stereocenters. The third-order valence-electron chi connectivity index (χ3n) is 2.54. The number of carbonyl (C=O) groups excluding carboxylic acids is 1. The number of thiocarbonyl (C=S) groups is 1. The van der Waals surface area contributed by atoms with E-state index in [2.05, 4.69) is 11.6 Å². The summed E-state index contributed by atoms with van der Waals surface area (Å²) in [6, 6.07) is 7.24. The first-order valence-electron chi connectivity index (χ1n) is 5.74. The lowest BCUT2D eigenvalue weighted by Gasteiger charge is -2.13. The van der Waals surface area contributed by atoms with Crippen molar-refractivity contribution in [2.45, 2.75) is 19.4 Å². The Morgan fingerprint density at radius 3 is 2.78 bits per heavy atom. The lowest BCUT2D eigenvalue weighted by Crippen LogP contribution is -2.33. The van der Waals surface area contributed by atoms with Gasteiger partial charge in [-0.05, 0) is 37.5 Å². The summed E-state index contributed by atoms with van der Waals surface area (Å²) in [5.41, 5.74) is 6.86. The largest absolute Gasteiger partial charge is 0.389 e. The number of hydrogen-bond acceptors (Lipinski definition) is 3. The van der Waals surface area contributed by atoms with Crippen LogP contribution < -0.4 is 11.1 Å². The van der Waals surface area contributed by atoms with Crippen LogP contribution in [0, 0.1) is 0 Å². The van der Waals surface area contributed by atoms with E-state index in [1.807, 2.05) is 6.92 Å². The van der Waals surface area contributed by atoms with Gasteiger partial charge in [0.2, 0.25) is 0 Å². The molecule has 0 saturated carbocycles.